The number of benzene rings is 2. The molecule has 0 amide bonds. The number of aryl methyl sites for hydroxylation is 1. The van der Waals surface area contributed by atoms with Crippen LogP contribution in [0.3, 0.4) is 0 Å². The third-order valence-electron chi connectivity index (χ3n) is 4.37. The molecule has 0 aliphatic carbocycles. The molecule has 116 valence electrons. The van der Waals surface area contributed by atoms with Crippen LogP contribution >= 0.6 is 0 Å². The number of hydrogen-bond acceptors (Lipinski definition) is 3. The molecule has 1 fully saturated rings. The topological polar surface area (TPSA) is 33.3 Å². The van der Waals surface area contributed by atoms with Crippen molar-refractivity contribution >= 4 is 0 Å². The summed E-state index contributed by atoms with van der Waals surface area (Å²) in [7, 11) is 1.74. The van der Waals surface area contributed by atoms with Crippen molar-refractivity contribution in [3.63, 3.8) is 0 Å². The number of rotatable bonds is 5. The minimum absolute atomic E-state index is 0.379. The first-order valence-corrected chi connectivity index (χ1v) is 8.02. The largest absolute Gasteiger partial charge is 0.496 e. The van der Waals surface area contributed by atoms with Gasteiger partial charge in [-0.2, -0.15) is 0 Å². The lowest BCUT2D eigenvalue weighted by molar-refractivity contribution is 0.311. The van der Waals surface area contributed by atoms with Crippen LogP contribution in [0.5, 0.6) is 5.75 Å². The molecule has 3 rings (SSSR count). The molecule has 0 unspecified atom stereocenters. The predicted molar refractivity (Wildman–Crippen MR) is 90.3 cm³/mol. The highest BCUT2D eigenvalue weighted by molar-refractivity contribution is 5.33. The molecule has 2 N–H and O–H groups in total. The third kappa shape index (κ3) is 3.49. The Morgan fingerprint density at radius 2 is 1.68 bits per heavy atom. The summed E-state index contributed by atoms with van der Waals surface area (Å²) in [4.78, 5) is 0. The van der Waals surface area contributed by atoms with Gasteiger partial charge in [-0.05, 0) is 30.0 Å². The zero-order chi connectivity index (χ0) is 15.2. The lowest BCUT2D eigenvalue weighted by Crippen LogP contribution is -2.50. The second kappa shape index (κ2) is 7.43. The fourth-order valence-electron chi connectivity index (χ4n) is 3.25. The Morgan fingerprint density at radius 3 is 2.50 bits per heavy atom. The van der Waals surface area contributed by atoms with Gasteiger partial charge in [-0.25, -0.2) is 0 Å². The summed E-state index contributed by atoms with van der Waals surface area (Å²) in [5.41, 5.74) is 2.64. The monoisotopic (exact) mass is 296 g/mol. The van der Waals surface area contributed by atoms with Gasteiger partial charge in [0.05, 0.1) is 7.11 Å². The Bertz CT molecular complexity index is 585. The fourth-order valence-corrected chi connectivity index (χ4v) is 3.25. The van der Waals surface area contributed by atoms with Crippen LogP contribution in [0, 0.1) is 0 Å². The van der Waals surface area contributed by atoms with E-state index in [2.05, 4.69) is 53.1 Å². The number of piperazine rings is 1. The maximum absolute atomic E-state index is 5.46. The van der Waals surface area contributed by atoms with Crippen molar-refractivity contribution in [1.29, 1.82) is 0 Å². The number of nitrogens with one attached hydrogen (secondary N) is 2. The lowest BCUT2D eigenvalue weighted by atomic mass is 9.92. The van der Waals surface area contributed by atoms with Crippen LogP contribution in [0.2, 0.25) is 0 Å². The molecule has 0 aromatic heterocycles. The van der Waals surface area contributed by atoms with E-state index in [0.29, 0.717) is 12.1 Å². The van der Waals surface area contributed by atoms with E-state index in [1.807, 2.05) is 12.1 Å². The summed E-state index contributed by atoms with van der Waals surface area (Å²) in [6, 6.07) is 19.8. The van der Waals surface area contributed by atoms with E-state index < -0.39 is 0 Å². The molecule has 2 atom stereocenters. The van der Waals surface area contributed by atoms with Gasteiger partial charge in [-0.1, -0.05) is 48.5 Å². The van der Waals surface area contributed by atoms with E-state index in [4.69, 9.17) is 4.74 Å². The summed E-state index contributed by atoms with van der Waals surface area (Å²) in [5.74, 6) is 0.988. The molecule has 2 aromatic carbocycles. The molecule has 2 aromatic rings. The van der Waals surface area contributed by atoms with Gasteiger partial charge in [0, 0.05) is 25.2 Å². The standard InChI is InChI=1S/C19H24N2O/c1-22-18-10-6-5-7-15(18)11-12-17-19(21-14-13-20-17)16-8-3-2-4-9-16/h2-10,17,19-21H,11-14H2,1H3/t17-,19-/m0/s1. The summed E-state index contributed by atoms with van der Waals surface area (Å²) >= 11 is 0. The first kappa shape index (κ1) is 15.1. The van der Waals surface area contributed by atoms with Crippen molar-refractivity contribution in [2.45, 2.75) is 24.9 Å². The maximum Gasteiger partial charge on any atom is 0.122 e. The highest BCUT2D eigenvalue weighted by Gasteiger charge is 2.25. The second-order valence-electron chi connectivity index (χ2n) is 5.75. The van der Waals surface area contributed by atoms with E-state index in [1.165, 1.54) is 11.1 Å². The normalized spacial score (nSPS) is 21.5. The molecule has 0 bridgehead atoms. The summed E-state index contributed by atoms with van der Waals surface area (Å²) in [6.45, 7) is 2.05. The average Bonchev–Trinajstić information content (AvgIpc) is 2.61. The Morgan fingerprint density at radius 1 is 0.955 bits per heavy atom. The van der Waals surface area contributed by atoms with Gasteiger partial charge in [0.1, 0.15) is 5.75 Å². The molecule has 0 radical (unpaired) electrons. The zero-order valence-corrected chi connectivity index (χ0v) is 13.1. The predicted octanol–water partition coefficient (Wildman–Crippen LogP) is 2.93. The minimum Gasteiger partial charge on any atom is -0.496 e. The van der Waals surface area contributed by atoms with Crippen molar-refractivity contribution in [1.82, 2.24) is 10.6 Å². The lowest BCUT2D eigenvalue weighted by Gasteiger charge is -2.34. The van der Waals surface area contributed by atoms with Crippen molar-refractivity contribution in [3.8, 4) is 5.75 Å². The summed E-state index contributed by atoms with van der Waals surface area (Å²) < 4.78 is 5.46. The van der Waals surface area contributed by atoms with Crippen LogP contribution in [0.4, 0.5) is 0 Å². The van der Waals surface area contributed by atoms with E-state index in [-0.39, 0.29) is 0 Å². The van der Waals surface area contributed by atoms with Crippen LogP contribution < -0.4 is 15.4 Å². The van der Waals surface area contributed by atoms with Crippen molar-refractivity contribution in [2.75, 3.05) is 20.2 Å². The fraction of sp³-hybridized carbons (Fsp3) is 0.368. The third-order valence-corrected chi connectivity index (χ3v) is 4.37. The van der Waals surface area contributed by atoms with Crippen LogP contribution in [0.1, 0.15) is 23.6 Å². The minimum atomic E-state index is 0.379. The van der Waals surface area contributed by atoms with Gasteiger partial charge >= 0.3 is 0 Å². The maximum atomic E-state index is 5.46. The van der Waals surface area contributed by atoms with Gasteiger partial charge < -0.3 is 15.4 Å². The molecule has 3 nitrogen and oxygen atoms in total. The van der Waals surface area contributed by atoms with Crippen LogP contribution in [-0.2, 0) is 6.42 Å². The summed E-state index contributed by atoms with van der Waals surface area (Å²) in [5, 5.41) is 7.33. The molecule has 1 heterocycles. The highest BCUT2D eigenvalue weighted by Crippen LogP contribution is 2.25. The Hall–Kier alpha value is -1.84. The van der Waals surface area contributed by atoms with Gasteiger partial charge in [-0.15, -0.1) is 0 Å². The van der Waals surface area contributed by atoms with Crippen molar-refractivity contribution in [2.24, 2.45) is 0 Å². The molecule has 1 aliphatic heterocycles. The van der Waals surface area contributed by atoms with E-state index in [9.17, 15) is 0 Å². The Balaban J connectivity index is 1.69. The second-order valence-corrected chi connectivity index (χ2v) is 5.75. The molecule has 3 heteroatoms. The molecular weight excluding hydrogens is 272 g/mol. The quantitative estimate of drug-likeness (QED) is 0.890. The van der Waals surface area contributed by atoms with Gasteiger partial charge in [-0.3, -0.25) is 0 Å². The molecule has 0 spiro atoms. The first-order chi connectivity index (χ1) is 10.9. The molecule has 0 saturated carbocycles. The smallest absolute Gasteiger partial charge is 0.122 e. The van der Waals surface area contributed by atoms with Crippen molar-refractivity contribution in [3.05, 3.63) is 65.7 Å². The Kier molecular flexibility index (Phi) is 5.09. The first-order valence-electron chi connectivity index (χ1n) is 8.02. The highest BCUT2D eigenvalue weighted by atomic mass is 16.5. The van der Waals surface area contributed by atoms with Gasteiger partial charge in [0.25, 0.3) is 0 Å². The van der Waals surface area contributed by atoms with Crippen molar-refractivity contribution < 1.29 is 4.74 Å². The molecule has 22 heavy (non-hydrogen) atoms. The number of methoxy groups -OCH3 is 1. The molecule has 1 saturated heterocycles. The van der Waals surface area contributed by atoms with E-state index >= 15 is 0 Å². The van der Waals surface area contributed by atoms with Gasteiger partial charge in [0.15, 0.2) is 0 Å². The average molecular weight is 296 g/mol. The van der Waals surface area contributed by atoms with E-state index in [0.717, 1.165) is 31.7 Å². The SMILES string of the molecule is COc1ccccc1CC[C@@H]1NCCN[C@H]1c1ccccc1. The van der Waals surface area contributed by atoms with Crippen LogP contribution in [-0.4, -0.2) is 26.2 Å². The molecular formula is C19H24N2O. The summed E-state index contributed by atoms with van der Waals surface area (Å²) in [6.07, 6.45) is 2.11. The number of ether oxygens (including phenoxy) is 1. The number of para-hydroxylation sites is 1. The molecule has 1 aliphatic rings. The number of hydrogen-bond donors (Lipinski definition) is 2. The van der Waals surface area contributed by atoms with Gasteiger partial charge in [0.2, 0.25) is 0 Å². The van der Waals surface area contributed by atoms with E-state index in [1.54, 1.807) is 7.11 Å². The zero-order valence-electron chi connectivity index (χ0n) is 13.1. The van der Waals surface area contributed by atoms with Crippen LogP contribution in [0.15, 0.2) is 54.6 Å². The Labute approximate surface area is 132 Å². The van der Waals surface area contributed by atoms with Crippen LogP contribution in [0.25, 0.3) is 0 Å².